The van der Waals surface area contributed by atoms with Crippen LogP contribution >= 0.6 is 0 Å². The molecule has 1 aromatic heterocycles. The lowest BCUT2D eigenvalue weighted by atomic mass is 10.1. The zero-order valence-corrected chi connectivity index (χ0v) is 16.1. The van der Waals surface area contributed by atoms with E-state index in [2.05, 4.69) is 5.32 Å². The Morgan fingerprint density at radius 2 is 1.70 bits per heavy atom. The number of nitrogens with one attached hydrogen (secondary N) is 1. The number of hydrogen-bond donors (Lipinski definition) is 2. The predicted molar refractivity (Wildman–Crippen MR) is 111 cm³/mol. The molecule has 0 aliphatic carbocycles. The van der Waals surface area contributed by atoms with Crippen molar-refractivity contribution in [2.75, 3.05) is 6.54 Å². The minimum atomic E-state index is -1.29. The molecule has 0 fully saturated rings. The largest absolute Gasteiger partial charge is 0.386 e. The normalized spacial score (nSPS) is 12.1. The lowest BCUT2D eigenvalue weighted by Gasteiger charge is -2.15. The molecule has 0 aliphatic heterocycles. The Bertz CT molecular complexity index is 1190. The van der Waals surface area contributed by atoms with Crippen molar-refractivity contribution in [2.24, 2.45) is 0 Å². The predicted octanol–water partition coefficient (Wildman–Crippen LogP) is 4.43. The maximum atomic E-state index is 13.9. The summed E-state index contributed by atoms with van der Waals surface area (Å²) in [7, 11) is 0. The fraction of sp³-hybridized carbons (Fsp3) is 0.125. The van der Waals surface area contributed by atoms with Crippen molar-refractivity contribution in [1.29, 1.82) is 0 Å². The quantitative estimate of drug-likeness (QED) is 0.498. The van der Waals surface area contributed by atoms with Gasteiger partial charge in [0.2, 0.25) is 0 Å². The maximum absolute atomic E-state index is 13.9. The van der Waals surface area contributed by atoms with Gasteiger partial charge in [0.15, 0.2) is 0 Å². The Morgan fingerprint density at radius 3 is 2.47 bits per heavy atom. The van der Waals surface area contributed by atoms with Crippen LogP contribution in [-0.2, 0) is 6.54 Å². The smallest absolute Gasteiger partial charge is 0.268 e. The molecule has 3 aromatic carbocycles. The first-order chi connectivity index (χ1) is 14.5. The summed E-state index contributed by atoms with van der Waals surface area (Å²) in [5, 5.41) is 13.8. The van der Waals surface area contributed by atoms with Crippen molar-refractivity contribution in [3.8, 4) is 0 Å². The second-order valence-electron chi connectivity index (χ2n) is 7.05. The van der Waals surface area contributed by atoms with Crippen molar-refractivity contribution in [3.05, 3.63) is 107 Å². The number of aliphatic hydroxyl groups is 1. The van der Waals surface area contributed by atoms with Crippen LogP contribution in [0.5, 0.6) is 0 Å². The standard InChI is InChI=1S/C24H20F2N2O2/c25-18-10-11-19(20(26)13-18)23(29)14-27-24(30)22-12-17-8-4-5-9-21(17)28(22)15-16-6-2-1-3-7-16/h1-13,23,29H,14-15H2,(H,27,30). The van der Waals surface area contributed by atoms with Crippen LogP contribution in [0.1, 0.15) is 27.7 Å². The molecule has 152 valence electrons. The number of amides is 1. The zero-order chi connectivity index (χ0) is 21.1. The fourth-order valence-corrected chi connectivity index (χ4v) is 3.50. The molecular formula is C24H20F2N2O2. The van der Waals surface area contributed by atoms with Gasteiger partial charge in [-0.15, -0.1) is 0 Å². The van der Waals surface area contributed by atoms with Crippen molar-refractivity contribution < 1.29 is 18.7 Å². The lowest BCUT2D eigenvalue weighted by Crippen LogP contribution is -2.30. The molecule has 4 aromatic rings. The minimum Gasteiger partial charge on any atom is -0.386 e. The highest BCUT2D eigenvalue weighted by Crippen LogP contribution is 2.22. The van der Waals surface area contributed by atoms with Gasteiger partial charge < -0.3 is 15.0 Å². The van der Waals surface area contributed by atoms with E-state index in [1.807, 2.05) is 59.2 Å². The third-order valence-electron chi connectivity index (χ3n) is 5.00. The summed E-state index contributed by atoms with van der Waals surface area (Å²) in [6.45, 7) is 0.306. The van der Waals surface area contributed by atoms with Gasteiger partial charge in [0, 0.05) is 35.6 Å². The highest BCUT2D eigenvalue weighted by molar-refractivity contribution is 5.98. The lowest BCUT2D eigenvalue weighted by molar-refractivity contribution is 0.0905. The van der Waals surface area contributed by atoms with Gasteiger partial charge in [0.25, 0.3) is 5.91 Å². The first-order valence-electron chi connectivity index (χ1n) is 9.56. The van der Waals surface area contributed by atoms with E-state index in [4.69, 9.17) is 0 Å². The van der Waals surface area contributed by atoms with Crippen LogP contribution in [0.2, 0.25) is 0 Å². The SMILES string of the molecule is O=C(NCC(O)c1ccc(F)cc1F)c1cc2ccccc2n1Cc1ccccc1. The molecule has 4 rings (SSSR count). The molecule has 0 radical (unpaired) electrons. The molecule has 1 amide bonds. The number of carbonyl (C=O) groups excluding carboxylic acids is 1. The van der Waals surface area contributed by atoms with Gasteiger partial charge in [0.1, 0.15) is 17.3 Å². The number of hydrogen-bond acceptors (Lipinski definition) is 2. The molecule has 0 bridgehead atoms. The van der Waals surface area contributed by atoms with Gasteiger partial charge in [-0.3, -0.25) is 4.79 Å². The van der Waals surface area contributed by atoms with Crippen LogP contribution in [0.3, 0.4) is 0 Å². The molecule has 1 heterocycles. The second kappa shape index (κ2) is 8.47. The molecule has 6 heteroatoms. The fourth-order valence-electron chi connectivity index (χ4n) is 3.50. The monoisotopic (exact) mass is 406 g/mol. The minimum absolute atomic E-state index is 0.0680. The first kappa shape index (κ1) is 19.8. The van der Waals surface area contributed by atoms with E-state index in [0.29, 0.717) is 18.3 Å². The van der Waals surface area contributed by atoms with E-state index in [0.717, 1.165) is 22.5 Å². The van der Waals surface area contributed by atoms with Crippen LogP contribution in [0.25, 0.3) is 10.9 Å². The summed E-state index contributed by atoms with van der Waals surface area (Å²) in [6.07, 6.45) is -1.29. The molecule has 1 atom stereocenters. The summed E-state index contributed by atoms with van der Waals surface area (Å²) in [5.74, 6) is -1.96. The van der Waals surface area contributed by atoms with Crippen molar-refractivity contribution in [1.82, 2.24) is 9.88 Å². The van der Waals surface area contributed by atoms with E-state index in [9.17, 15) is 18.7 Å². The average molecular weight is 406 g/mol. The zero-order valence-electron chi connectivity index (χ0n) is 16.1. The number of aliphatic hydroxyl groups excluding tert-OH is 1. The van der Waals surface area contributed by atoms with E-state index in [-0.39, 0.29) is 18.0 Å². The summed E-state index contributed by atoms with van der Waals surface area (Å²) >= 11 is 0. The Labute approximate surface area is 172 Å². The molecule has 2 N–H and O–H groups in total. The van der Waals surface area contributed by atoms with E-state index >= 15 is 0 Å². The number of nitrogens with zero attached hydrogens (tertiary/aromatic N) is 1. The van der Waals surface area contributed by atoms with Crippen molar-refractivity contribution in [2.45, 2.75) is 12.6 Å². The average Bonchev–Trinajstić information content (AvgIpc) is 3.11. The van der Waals surface area contributed by atoms with Gasteiger partial charge >= 0.3 is 0 Å². The first-order valence-corrected chi connectivity index (χ1v) is 9.56. The molecule has 0 saturated carbocycles. The Balaban J connectivity index is 1.57. The molecule has 0 saturated heterocycles. The summed E-state index contributed by atoms with van der Waals surface area (Å²) < 4.78 is 28.9. The third-order valence-corrected chi connectivity index (χ3v) is 5.00. The van der Waals surface area contributed by atoms with Gasteiger partial charge in [-0.2, -0.15) is 0 Å². The van der Waals surface area contributed by atoms with Crippen LogP contribution in [0, 0.1) is 11.6 Å². The summed E-state index contributed by atoms with van der Waals surface area (Å²) in [6, 6.07) is 22.2. The van der Waals surface area contributed by atoms with E-state index in [1.54, 1.807) is 6.07 Å². The molecule has 1 unspecified atom stereocenters. The third kappa shape index (κ3) is 4.09. The van der Waals surface area contributed by atoms with E-state index < -0.39 is 17.7 Å². The van der Waals surface area contributed by atoms with Crippen LogP contribution in [0.4, 0.5) is 8.78 Å². The van der Waals surface area contributed by atoms with Crippen LogP contribution in [0.15, 0.2) is 78.9 Å². The molecule has 30 heavy (non-hydrogen) atoms. The Hall–Kier alpha value is -3.51. The number of fused-ring (bicyclic) bond motifs is 1. The van der Waals surface area contributed by atoms with E-state index in [1.165, 1.54) is 6.07 Å². The molecular weight excluding hydrogens is 386 g/mol. The van der Waals surface area contributed by atoms with Gasteiger partial charge in [-0.1, -0.05) is 54.6 Å². The highest BCUT2D eigenvalue weighted by Gasteiger charge is 2.19. The Kier molecular flexibility index (Phi) is 5.59. The topological polar surface area (TPSA) is 54.3 Å². The van der Waals surface area contributed by atoms with Crippen molar-refractivity contribution in [3.63, 3.8) is 0 Å². The van der Waals surface area contributed by atoms with Gasteiger partial charge in [-0.05, 0) is 23.8 Å². The molecule has 0 spiro atoms. The van der Waals surface area contributed by atoms with Crippen LogP contribution < -0.4 is 5.32 Å². The number of aromatic nitrogens is 1. The maximum Gasteiger partial charge on any atom is 0.268 e. The number of benzene rings is 3. The highest BCUT2D eigenvalue weighted by atomic mass is 19.1. The van der Waals surface area contributed by atoms with Gasteiger partial charge in [-0.25, -0.2) is 8.78 Å². The summed E-state index contributed by atoms with van der Waals surface area (Å²) in [5.41, 5.74) is 2.33. The number of para-hydroxylation sites is 1. The van der Waals surface area contributed by atoms with Crippen molar-refractivity contribution >= 4 is 16.8 Å². The van der Waals surface area contributed by atoms with Crippen LogP contribution in [-0.4, -0.2) is 22.1 Å². The van der Waals surface area contributed by atoms with Gasteiger partial charge in [0.05, 0.1) is 6.10 Å². The molecule has 4 nitrogen and oxygen atoms in total. The number of carbonyl (C=O) groups is 1. The number of rotatable bonds is 6. The Morgan fingerprint density at radius 1 is 0.967 bits per heavy atom. The summed E-state index contributed by atoms with van der Waals surface area (Å²) in [4.78, 5) is 12.9. The molecule has 0 aliphatic rings. The second-order valence-corrected chi connectivity index (χ2v) is 7.05. The number of halogens is 2.